The van der Waals surface area contributed by atoms with Crippen molar-refractivity contribution in [2.45, 2.75) is 30.8 Å². The van der Waals surface area contributed by atoms with E-state index in [2.05, 4.69) is 14.7 Å². The third kappa shape index (κ3) is 4.19. The first-order valence-electron chi connectivity index (χ1n) is 11.0. The molecule has 0 saturated carbocycles. The van der Waals surface area contributed by atoms with Gasteiger partial charge >= 0.3 is 0 Å². The van der Waals surface area contributed by atoms with E-state index in [-0.39, 0.29) is 22.1 Å². The zero-order valence-corrected chi connectivity index (χ0v) is 20.2. The van der Waals surface area contributed by atoms with Gasteiger partial charge < -0.3 is 9.47 Å². The lowest BCUT2D eigenvalue weighted by Gasteiger charge is -2.19. The van der Waals surface area contributed by atoms with Gasteiger partial charge in [0.05, 0.1) is 18.3 Å². The highest BCUT2D eigenvalue weighted by Gasteiger charge is 2.38. The Labute approximate surface area is 203 Å². The predicted octanol–water partition coefficient (Wildman–Crippen LogP) is 4.14. The number of nitrogens with one attached hydrogen (secondary N) is 1. The zero-order valence-electron chi connectivity index (χ0n) is 19.4. The fourth-order valence-corrected chi connectivity index (χ4v) is 5.56. The second kappa shape index (κ2) is 8.35. The van der Waals surface area contributed by atoms with Gasteiger partial charge in [-0.25, -0.2) is 18.1 Å². The Morgan fingerprint density at radius 1 is 1.06 bits per heavy atom. The first-order valence-corrected chi connectivity index (χ1v) is 12.4. The maximum absolute atomic E-state index is 13.3. The molecule has 2 aromatic heterocycles. The van der Waals surface area contributed by atoms with E-state index in [1.165, 1.54) is 13.2 Å². The molecule has 3 heterocycles. The molecule has 5 rings (SSSR count). The van der Waals surface area contributed by atoms with Gasteiger partial charge in [-0.1, -0.05) is 24.3 Å². The lowest BCUT2D eigenvalue weighted by Crippen LogP contribution is -2.32. The zero-order chi connectivity index (χ0) is 24.8. The standard InChI is InChI=1S/C26H23N3O5S/c1-26(2)15-16-10-13-22(33-3)24(23(16)34-26)35(31,32)29-25(30)21-12-11-18-17(7-6-9-20(18)28-21)19-8-4-5-14-27-19/h4-14H,15H2,1-3H3,(H,29,30). The first kappa shape index (κ1) is 22.8. The number of ether oxygens (including phenoxy) is 2. The van der Waals surface area contributed by atoms with Gasteiger partial charge in [-0.15, -0.1) is 0 Å². The van der Waals surface area contributed by atoms with Crippen molar-refractivity contribution in [1.29, 1.82) is 0 Å². The number of sulfonamides is 1. The molecule has 35 heavy (non-hydrogen) atoms. The highest BCUT2D eigenvalue weighted by Crippen LogP contribution is 2.44. The lowest BCUT2D eigenvalue weighted by molar-refractivity contribution is 0.0977. The number of hydrogen-bond acceptors (Lipinski definition) is 7. The van der Waals surface area contributed by atoms with Gasteiger partial charge in [-0.2, -0.15) is 0 Å². The van der Waals surface area contributed by atoms with Crippen LogP contribution >= 0.6 is 0 Å². The van der Waals surface area contributed by atoms with Crippen molar-refractivity contribution in [3.05, 3.63) is 78.1 Å². The van der Waals surface area contributed by atoms with Crippen LogP contribution in [0.1, 0.15) is 29.9 Å². The van der Waals surface area contributed by atoms with E-state index in [1.54, 1.807) is 30.5 Å². The van der Waals surface area contributed by atoms with Crippen molar-refractivity contribution in [2.24, 2.45) is 0 Å². The smallest absolute Gasteiger partial charge is 0.283 e. The topological polar surface area (TPSA) is 107 Å². The van der Waals surface area contributed by atoms with Crippen LogP contribution in [0, 0.1) is 0 Å². The summed E-state index contributed by atoms with van der Waals surface area (Å²) in [5.74, 6) is -0.568. The summed E-state index contributed by atoms with van der Waals surface area (Å²) in [5.41, 5.74) is 2.30. The van der Waals surface area contributed by atoms with Crippen molar-refractivity contribution in [1.82, 2.24) is 14.7 Å². The highest BCUT2D eigenvalue weighted by atomic mass is 32.2. The minimum atomic E-state index is -4.33. The molecule has 0 saturated heterocycles. The van der Waals surface area contributed by atoms with Crippen LogP contribution in [0.5, 0.6) is 11.5 Å². The Hall–Kier alpha value is -3.98. The third-order valence-electron chi connectivity index (χ3n) is 5.77. The molecule has 0 atom stereocenters. The van der Waals surface area contributed by atoms with Crippen LogP contribution in [-0.4, -0.2) is 37.0 Å². The maximum atomic E-state index is 13.3. The SMILES string of the molecule is COc1ccc2c(c1S(=O)(=O)NC(=O)c1ccc3c(-c4ccccn4)cccc3n1)OC(C)(C)C2. The summed E-state index contributed by atoms with van der Waals surface area (Å²) < 4.78 is 40.0. The summed E-state index contributed by atoms with van der Waals surface area (Å²) >= 11 is 0. The number of nitrogens with zero attached hydrogens (tertiary/aromatic N) is 2. The van der Waals surface area contributed by atoms with Crippen LogP contribution in [0.3, 0.4) is 0 Å². The van der Waals surface area contributed by atoms with Gasteiger partial charge in [0.15, 0.2) is 4.90 Å². The Morgan fingerprint density at radius 3 is 2.63 bits per heavy atom. The number of fused-ring (bicyclic) bond motifs is 2. The van der Waals surface area contributed by atoms with Crippen molar-refractivity contribution in [2.75, 3.05) is 7.11 Å². The highest BCUT2D eigenvalue weighted by molar-refractivity contribution is 7.90. The van der Waals surface area contributed by atoms with Gasteiger partial charge in [-0.05, 0) is 55.8 Å². The van der Waals surface area contributed by atoms with Crippen molar-refractivity contribution in [3.8, 4) is 22.8 Å². The van der Waals surface area contributed by atoms with Crippen molar-refractivity contribution >= 4 is 26.8 Å². The molecule has 2 aromatic carbocycles. The summed E-state index contributed by atoms with van der Waals surface area (Å²) in [4.78, 5) is 21.6. The molecule has 1 aliphatic rings. The molecule has 1 aliphatic heterocycles. The number of pyridine rings is 2. The number of rotatable bonds is 5. The molecule has 1 N–H and O–H groups in total. The van der Waals surface area contributed by atoms with Gasteiger partial charge in [0.25, 0.3) is 15.9 Å². The average molecular weight is 490 g/mol. The molecule has 4 aromatic rings. The lowest BCUT2D eigenvalue weighted by atomic mass is 10.0. The fraction of sp³-hybridized carbons (Fsp3) is 0.192. The van der Waals surface area contributed by atoms with E-state index >= 15 is 0 Å². The molecule has 0 fully saturated rings. The second-order valence-electron chi connectivity index (χ2n) is 8.84. The number of benzene rings is 2. The molecule has 1 amide bonds. The van der Waals surface area contributed by atoms with Crippen molar-refractivity contribution in [3.63, 3.8) is 0 Å². The van der Waals surface area contributed by atoms with Gasteiger partial charge in [0.2, 0.25) is 0 Å². The number of amides is 1. The van der Waals surface area contributed by atoms with Crippen LogP contribution in [0.4, 0.5) is 0 Å². The first-order chi connectivity index (χ1) is 16.7. The minimum absolute atomic E-state index is 0.0352. The summed E-state index contributed by atoms with van der Waals surface area (Å²) in [7, 11) is -2.96. The molecule has 0 bridgehead atoms. The van der Waals surface area contributed by atoms with E-state index in [1.807, 2.05) is 44.2 Å². The summed E-state index contributed by atoms with van der Waals surface area (Å²) in [5, 5.41) is 0.795. The van der Waals surface area contributed by atoms with Crippen LogP contribution in [0.2, 0.25) is 0 Å². The van der Waals surface area contributed by atoms with E-state index < -0.39 is 21.5 Å². The normalized spacial score (nSPS) is 14.3. The molecule has 178 valence electrons. The summed E-state index contributed by atoms with van der Waals surface area (Å²) in [6.45, 7) is 3.74. The molecule has 0 aliphatic carbocycles. The predicted molar refractivity (Wildman–Crippen MR) is 131 cm³/mol. The van der Waals surface area contributed by atoms with Gasteiger partial charge in [-0.3, -0.25) is 9.78 Å². The summed E-state index contributed by atoms with van der Waals surface area (Å²) in [6, 6.07) is 17.7. The van der Waals surface area contributed by atoms with E-state index in [0.29, 0.717) is 11.9 Å². The van der Waals surface area contributed by atoms with Crippen LogP contribution in [0.15, 0.2) is 71.8 Å². The molecule has 0 radical (unpaired) electrons. The van der Waals surface area contributed by atoms with Crippen molar-refractivity contribution < 1.29 is 22.7 Å². The average Bonchev–Trinajstić information content (AvgIpc) is 3.16. The Morgan fingerprint density at radius 2 is 1.89 bits per heavy atom. The quantitative estimate of drug-likeness (QED) is 0.449. The summed E-state index contributed by atoms with van der Waals surface area (Å²) in [6.07, 6.45) is 2.24. The number of carbonyl (C=O) groups excluding carboxylic acids is 1. The number of methoxy groups -OCH3 is 1. The molecule has 0 unspecified atom stereocenters. The number of hydrogen-bond donors (Lipinski definition) is 1. The van der Waals surface area contributed by atoms with E-state index in [9.17, 15) is 13.2 Å². The van der Waals surface area contributed by atoms with Gasteiger partial charge in [0.1, 0.15) is 22.8 Å². The monoisotopic (exact) mass is 489 g/mol. The number of aromatic nitrogens is 2. The molecule has 9 heteroatoms. The van der Waals surface area contributed by atoms with Crippen LogP contribution < -0.4 is 14.2 Å². The van der Waals surface area contributed by atoms with Gasteiger partial charge in [0, 0.05) is 23.6 Å². The van der Waals surface area contributed by atoms with Crippen LogP contribution in [0.25, 0.3) is 22.2 Å². The largest absolute Gasteiger partial charge is 0.495 e. The maximum Gasteiger partial charge on any atom is 0.283 e. The molecule has 8 nitrogen and oxygen atoms in total. The third-order valence-corrected chi connectivity index (χ3v) is 7.15. The Kier molecular flexibility index (Phi) is 5.44. The fourth-order valence-electron chi connectivity index (χ4n) is 4.27. The molecular formula is C26H23N3O5S. The van der Waals surface area contributed by atoms with E-state index in [0.717, 1.165) is 22.2 Å². The minimum Gasteiger partial charge on any atom is -0.495 e. The Balaban J connectivity index is 1.50. The van der Waals surface area contributed by atoms with E-state index in [4.69, 9.17) is 9.47 Å². The molecule has 0 spiro atoms. The molecular weight excluding hydrogens is 466 g/mol. The number of carbonyl (C=O) groups is 1. The van der Waals surface area contributed by atoms with Crippen LogP contribution in [-0.2, 0) is 16.4 Å². The Bertz CT molecular complexity index is 1570. The second-order valence-corrected chi connectivity index (χ2v) is 10.5.